The summed E-state index contributed by atoms with van der Waals surface area (Å²) >= 11 is 4.75. The molecular formula is C8H11BrN2OS. The molecule has 0 saturated heterocycles. The SMILES string of the molecule is CC(Br)C(=O)NC(C)c1nccs1. The van der Waals surface area contributed by atoms with Gasteiger partial charge in [-0.15, -0.1) is 11.3 Å². The summed E-state index contributed by atoms with van der Waals surface area (Å²) in [7, 11) is 0. The van der Waals surface area contributed by atoms with Crippen LogP contribution in [-0.2, 0) is 4.79 Å². The molecule has 0 aromatic carbocycles. The minimum Gasteiger partial charge on any atom is -0.346 e. The highest BCUT2D eigenvalue weighted by molar-refractivity contribution is 9.10. The summed E-state index contributed by atoms with van der Waals surface area (Å²) in [6.07, 6.45) is 1.74. The fraction of sp³-hybridized carbons (Fsp3) is 0.500. The number of nitrogens with one attached hydrogen (secondary N) is 1. The van der Waals surface area contributed by atoms with Gasteiger partial charge in [-0.05, 0) is 13.8 Å². The summed E-state index contributed by atoms with van der Waals surface area (Å²) in [4.78, 5) is 15.2. The zero-order valence-corrected chi connectivity index (χ0v) is 9.85. The molecule has 5 heteroatoms. The minimum absolute atomic E-state index is 0.00694. The highest BCUT2D eigenvalue weighted by Gasteiger charge is 2.14. The molecule has 0 fully saturated rings. The molecule has 0 radical (unpaired) electrons. The highest BCUT2D eigenvalue weighted by atomic mass is 79.9. The summed E-state index contributed by atoms with van der Waals surface area (Å²) in [5, 5.41) is 5.67. The lowest BCUT2D eigenvalue weighted by Gasteiger charge is -2.11. The van der Waals surface area contributed by atoms with E-state index in [1.165, 1.54) is 0 Å². The lowest BCUT2D eigenvalue weighted by atomic mass is 10.3. The lowest BCUT2D eigenvalue weighted by molar-refractivity contribution is -0.120. The maximum atomic E-state index is 11.3. The van der Waals surface area contributed by atoms with Crippen molar-refractivity contribution in [2.45, 2.75) is 24.7 Å². The van der Waals surface area contributed by atoms with Gasteiger partial charge in [0.2, 0.25) is 5.91 Å². The van der Waals surface area contributed by atoms with Crippen LogP contribution in [0, 0.1) is 0 Å². The molecule has 1 aromatic heterocycles. The van der Waals surface area contributed by atoms with Crippen molar-refractivity contribution in [2.75, 3.05) is 0 Å². The van der Waals surface area contributed by atoms with Crippen LogP contribution in [0.25, 0.3) is 0 Å². The van der Waals surface area contributed by atoms with Gasteiger partial charge < -0.3 is 5.32 Å². The summed E-state index contributed by atoms with van der Waals surface area (Å²) in [6.45, 7) is 3.72. The largest absolute Gasteiger partial charge is 0.346 e. The maximum Gasteiger partial charge on any atom is 0.234 e. The number of carbonyl (C=O) groups is 1. The van der Waals surface area contributed by atoms with Crippen molar-refractivity contribution in [2.24, 2.45) is 0 Å². The van der Waals surface area contributed by atoms with Gasteiger partial charge in [-0.3, -0.25) is 4.79 Å². The molecule has 0 aliphatic rings. The van der Waals surface area contributed by atoms with Gasteiger partial charge in [-0.2, -0.15) is 0 Å². The van der Waals surface area contributed by atoms with Crippen molar-refractivity contribution in [3.63, 3.8) is 0 Å². The van der Waals surface area contributed by atoms with Crippen molar-refractivity contribution in [1.29, 1.82) is 0 Å². The molecule has 0 aliphatic carbocycles. The molecule has 0 bridgehead atoms. The number of carbonyl (C=O) groups excluding carboxylic acids is 1. The van der Waals surface area contributed by atoms with Crippen LogP contribution < -0.4 is 5.32 Å². The van der Waals surface area contributed by atoms with Crippen LogP contribution in [0.5, 0.6) is 0 Å². The van der Waals surface area contributed by atoms with E-state index in [9.17, 15) is 4.79 Å². The Morgan fingerprint density at radius 1 is 1.69 bits per heavy atom. The van der Waals surface area contributed by atoms with Crippen LogP contribution in [0.1, 0.15) is 24.9 Å². The van der Waals surface area contributed by atoms with Crippen molar-refractivity contribution >= 4 is 33.2 Å². The third-order valence-corrected chi connectivity index (χ3v) is 2.92. The Balaban J connectivity index is 2.51. The van der Waals surface area contributed by atoms with Crippen molar-refractivity contribution in [3.05, 3.63) is 16.6 Å². The summed E-state index contributed by atoms with van der Waals surface area (Å²) in [6, 6.07) is -0.00694. The first kappa shape index (κ1) is 10.7. The Morgan fingerprint density at radius 2 is 2.38 bits per heavy atom. The van der Waals surface area contributed by atoms with Gasteiger partial charge in [-0.1, -0.05) is 15.9 Å². The normalized spacial score (nSPS) is 15.0. The number of thiazole rings is 1. The van der Waals surface area contributed by atoms with Gasteiger partial charge in [0.1, 0.15) is 5.01 Å². The second kappa shape index (κ2) is 4.72. The van der Waals surface area contributed by atoms with Gasteiger partial charge in [0.25, 0.3) is 0 Å². The molecule has 1 N–H and O–H groups in total. The van der Waals surface area contributed by atoms with E-state index in [0.717, 1.165) is 5.01 Å². The average molecular weight is 263 g/mol. The molecule has 3 nitrogen and oxygen atoms in total. The molecule has 13 heavy (non-hydrogen) atoms. The molecule has 72 valence electrons. The van der Waals surface area contributed by atoms with E-state index in [1.807, 2.05) is 12.3 Å². The Bertz CT molecular complexity index is 274. The van der Waals surface area contributed by atoms with Crippen molar-refractivity contribution in [3.8, 4) is 0 Å². The summed E-state index contributed by atoms with van der Waals surface area (Å²) in [5.41, 5.74) is 0. The van der Waals surface area contributed by atoms with E-state index in [1.54, 1.807) is 24.5 Å². The summed E-state index contributed by atoms with van der Waals surface area (Å²) < 4.78 is 0. The van der Waals surface area contributed by atoms with Gasteiger partial charge in [0.05, 0.1) is 10.9 Å². The van der Waals surface area contributed by atoms with Crippen LogP contribution >= 0.6 is 27.3 Å². The van der Waals surface area contributed by atoms with Crippen LogP contribution in [0.2, 0.25) is 0 Å². The number of amides is 1. The minimum atomic E-state index is -0.157. The molecule has 2 unspecified atom stereocenters. The smallest absolute Gasteiger partial charge is 0.234 e. The van der Waals surface area contributed by atoms with E-state index < -0.39 is 0 Å². The lowest BCUT2D eigenvalue weighted by Crippen LogP contribution is -2.31. The average Bonchev–Trinajstić information content (AvgIpc) is 2.55. The third kappa shape index (κ3) is 3.08. The number of hydrogen-bond donors (Lipinski definition) is 1. The molecule has 0 saturated carbocycles. The number of aromatic nitrogens is 1. The molecule has 1 heterocycles. The predicted octanol–water partition coefficient (Wildman–Crippen LogP) is 2.10. The van der Waals surface area contributed by atoms with E-state index in [-0.39, 0.29) is 16.8 Å². The monoisotopic (exact) mass is 262 g/mol. The number of nitrogens with zero attached hydrogens (tertiary/aromatic N) is 1. The fourth-order valence-corrected chi connectivity index (χ4v) is 1.62. The quantitative estimate of drug-likeness (QED) is 0.848. The van der Waals surface area contributed by atoms with Gasteiger partial charge >= 0.3 is 0 Å². The van der Waals surface area contributed by atoms with Gasteiger partial charge in [0, 0.05) is 11.6 Å². The molecule has 0 aliphatic heterocycles. The number of halogens is 1. The first-order valence-corrected chi connectivity index (χ1v) is 5.74. The zero-order valence-electron chi connectivity index (χ0n) is 7.45. The highest BCUT2D eigenvalue weighted by Crippen LogP contribution is 2.15. The van der Waals surface area contributed by atoms with Crippen molar-refractivity contribution < 1.29 is 4.79 Å². The second-order valence-electron chi connectivity index (χ2n) is 2.72. The molecular weight excluding hydrogens is 252 g/mol. The van der Waals surface area contributed by atoms with E-state index in [2.05, 4.69) is 26.2 Å². The first-order chi connectivity index (χ1) is 6.11. The molecule has 0 spiro atoms. The van der Waals surface area contributed by atoms with Crippen LogP contribution in [-0.4, -0.2) is 15.7 Å². The molecule has 1 aromatic rings. The van der Waals surface area contributed by atoms with Gasteiger partial charge in [-0.25, -0.2) is 4.98 Å². The zero-order chi connectivity index (χ0) is 9.84. The van der Waals surface area contributed by atoms with Crippen molar-refractivity contribution in [1.82, 2.24) is 10.3 Å². The Kier molecular flexibility index (Phi) is 3.87. The fourth-order valence-electron chi connectivity index (χ4n) is 0.838. The Morgan fingerprint density at radius 3 is 2.85 bits per heavy atom. The first-order valence-electron chi connectivity index (χ1n) is 3.95. The third-order valence-electron chi connectivity index (χ3n) is 1.54. The van der Waals surface area contributed by atoms with E-state index >= 15 is 0 Å². The number of rotatable bonds is 3. The summed E-state index contributed by atoms with van der Waals surface area (Å²) in [5.74, 6) is -0.0114. The van der Waals surface area contributed by atoms with Crippen LogP contribution in [0.4, 0.5) is 0 Å². The topological polar surface area (TPSA) is 42.0 Å². The molecule has 1 rings (SSSR count). The molecule has 2 atom stereocenters. The number of alkyl halides is 1. The maximum absolute atomic E-state index is 11.3. The van der Waals surface area contributed by atoms with E-state index in [4.69, 9.17) is 0 Å². The predicted molar refractivity (Wildman–Crippen MR) is 57.1 cm³/mol. The van der Waals surface area contributed by atoms with Crippen LogP contribution in [0.15, 0.2) is 11.6 Å². The standard InChI is InChI=1S/C8H11BrN2OS/c1-5(9)7(12)11-6(2)8-10-3-4-13-8/h3-6H,1-2H3,(H,11,12). The number of hydrogen-bond acceptors (Lipinski definition) is 3. The Labute approximate surface area is 89.7 Å². The molecule has 1 amide bonds. The Hall–Kier alpha value is -0.420. The van der Waals surface area contributed by atoms with Gasteiger partial charge in [0.15, 0.2) is 0 Å². The van der Waals surface area contributed by atoms with Crippen LogP contribution in [0.3, 0.4) is 0 Å². The second-order valence-corrected chi connectivity index (χ2v) is 5.02. The van der Waals surface area contributed by atoms with E-state index in [0.29, 0.717) is 0 Å².